The maximum atomic E-state index is 15.7. The molecular weight excluding hydrogens is 513 g/mol. The molecular formula is C22H27BrF5NO2Si. The Morgan fingerprint density at radius 3 is 2.16 bits per heavy atom. The zero-order valence-corrected chi connectivity index (χ0v) is 21.0. The van der Waals surface area contributed by atoms with E-state index in [2.05, 4.69) is 20.9 Å². The van der Waals surface area contributed by atoms with Crippen LogP contribution in [-0.4, -0.2) is 25.8 Å². The van der Waals surface area contributed by atoms with Gasteiger partial charge >= 0.3 is 0 Å². The monoisotopic (exact) mass is 539 g/mol. The van der Waals surface area contributed by atoms with Gasteiger partial charge in [0.25, 0.3) is 5.92 Å². The molecule has 0 fully saturated rings. The topological polar surface area (TPSA) is 31.4 Å². The third-order valence-corrected chi connectivity index (χ3v) is 11.3. The Bertz CT molecular complexity index is 904. The van der Waals surface area contributed by atoms with E-state index in [0.29, 0.717) is 18.1 Å². The second-order valence-electron chi connectivity index (χ2n) is 7.72. The van der Waals surface area contributed by atoms with Crippen LogP contribution in [0.4, 0.5) is 22.0 Å². The van der Waals surface area contributed by atoms with Crippen molar-refractivity contribution in [3.05, 3.63) is 58.1 Å². The van der Waals surface area contributed by atoms with Crippen molar-refractivity contribution in [2.24, 2.45) is 0 Å². The highest BCUT2D eigenvalue weighted by Crippen LogP contribution is 2.46. The zero-order valence-electron chi connectivity index (χ0n) is 18.5. The van der Waals surface area contributed by atoms with Gasteiger partial charge in [-0.3, -0.25) is 4.98 Å². The summed E-state index contributed by atoms with van der Waals surface area (Å²) in [6, 6.07) is 6.18. The summed E-state index contributed by atoms with van der Waals surface area (Å²) in [6.07, 6.45) is -0.0293. The Balaban J connectivity index is 2.37. The number of hydrogen-bond donors (Lipinski definition) is 0. The fourth-order valence-electron chi connectivity index (χ4n) is 3.53. The lowest BCUT2D eigenvalue weighted by molar-refractivity contribution is -0.177. The smallest absolute Gasteiger partial charge is 0.284 e. The number of aromatic nitrogens is 1. The molecule has 32 heavy (non-hydrogen) atoms. The van der Waals surface area contributed by atoms with Crippen molar-refractivity contribution in [3.63, 3.8) is 0 Å². The molecule has 1 unspecified atom stereocenters. The van der Waals surface area contributed by atoms with Crippen molar-refractivity contribution in [3.8, 4) is 5.75 Å². The molecule has 2 aromatic rings. The van der Waals surface area contributed by atoms with Gasteiger partial charge in [-0.05, 0) is 65.3 Å². The van der Waals surface area contributed by atoms with E-state index in [-0.39, 0.29) is 10.2 Å². The number of alkyl halides is 2. The lowest BCUT2D eigenvalue weighted by atomic mass is 9.91. The molecule has 0 amide bonds. The molecule has 2 rings (SSSR count). The Labute approximate surface area is 194 Å². The Morgan fingerprint density at radius 1 is 1.00 bits per heavy atom. The average Bonchev–Trinajstić information content (AvgIpc) is 2.77. The molecule has 1 aromatic carbocycles. The van der Waals surface area contributed by atoms with E-state index < -0.39 is 56.1 Å². The van der Waals surface area contributed by atoms with E-state index in [9.17, 15) is 13.2 Å². The van der Waals surface area contributed by atoms with E-state index in [1.807, 2.05) is 20.8 Å². The number of ether oxygens (including phenoxy) is 1. The summed E-state index contributed by atoms with van der Waals surface area (Å²) in [4.78, 5) is 3.88. The molecule has 0 spiro atoms. The first-order valence-corrected chi connectivity index (χ1v) is 13.7. The Hall–Kier alpha value is -1.52. The SMILES string of the molecule is CC[Si](CC)(CC)OC(C)(c1ccc(F)cn1)C(F)(F)CCOc1c(F)ccc(Br)c1F. The van der Waals surface area contributed by atoms with Gasteiger partial charge in [0.1, 0.15) is 5.82 Å². The minimum Gasteiger partial charge on any atom is -0.487 e. The van der Waals surface area contributed by atoms with Crippen molar-refractivity contribution in [1.29, 1.82) is 0 Å². The molecule has 1 heterocycles. The van der Waals surface area contributed by atoms with Crippen LogP contribution in [0.5, 0.6) is 5.75 Å². The van der Waals surface area contributed by atoms with Crippen LogP contribution < -0.4 is 4.74 Å². The molecule has 178 valence electrons. The summed E-state index contributed by atoms with van der Waals surface area (Å²) in [5, 5.41) is 0. The Morgan fingerprint density at radius 2 is 1.62 bits per heavy atom. The summed E-state index contributed by atoms with van der Waals surface area (Å²) in [6.45, 7) is 6.26. The fourth-order valence-corrected chi connectivity index (χ4v) is 6.90. The minimum absolute atomic E-state index is 0.0473. The van der Waals surface area contributed by atoms with Crippen molar-refractivity contribution < 1.29 is 31.1 Å². The number of pyridine rings is 1. The number of nitrogens with zero attached hydrogens (tertiary/aromatic N) is 1. The predicted molar refractivity (Wildman–Crippen MR) is 119 cm³/mol. The lowest BCUT2D eigenvalue weighted by Crippen LogP contribution is -2.54. The third kappa shape index (κ3) is 5.51. The highest BCUT2D eigenvalue weighted by atomic mass is 79.9. The summed E-state index contributed by atoms with van der Waals surface area (Å²) >= 11 is 2.91. The molecule has 0 aliphatic heterocycles. The molecule has 0 N–H and O–H groups in total. The number of benzene rings is 1. The highest BCUT2D eigenvalue weighted by molar-refractivity contribution is 9.10. The fraction of sp³-hybridized carbons (Fsp3) is 0.500. The van der Waals surface area contributed by atoms with Crippen molar-refractivity contribution in [2.75, 3.05) is 6.61 Å². The van der Waals surface area contributed by atoms with E-state index in [1.54, 1.807) is 0 Å². The second kappa shape index (κ2) is 10.6. The normalized spacial score (nSPS) is 14.3. The first kappa shape index (κ1) is 26.7. The first-order chi connectivity index (χ1) is 14.9. The van der Waals surface area contributed by atoms with Crippen LogP contribution in [0.2, 0.25) is 18.1 Å². The summed E-state index contributed by atoms with van der Waals surface area (Å²) in [5.74, 6) is -6.94. The van der Waals surface area contributed by atoms with Crippen LogP contribution in [0.15, 0.2) is 34.9 Å². The standard InChI is InChI=1S/C22H27BrF5NO2Si/c1-5-32(6-2,7-3)31-21(4,18-11-8-15(24)14-29-18)22(27,28)12-13-30-20-17(25)10-9-16(23)19(20)26/h8-11,14H,5-7,12-13H2,1-4H3. The molecule has 0 bridgehead atoms. The van der Waals surface area contributed by atoms with E-state index in [4.69, 9.17) is 9.16 Å². The quantitative estimate of drug-likeness (QED) is 0.167. The van der Waals surface area contributed by atoms with Gasteiger partial charge in [0.05, 0.1) is 23.0 Å². The number of hydrogen-bond acceptors (Lipinski definition) is 3. The second-order valence-corrected chi connectivity index (χ2v) is 13.3. The van der Waals surface area contributed by atoms with Crippen molar-refractivity contribution in [2.45, 2.75) is 63.8 Å². The van der Waals surface area contributed by atoms with Gasteiger partial charge in [0.15, 0.2) is 31.3 Å². The summed E-state index contributed by atoms with van der Waals surface area (Å²) in [7, 11) is -2.57. The maximum absolute atomic E-state index is 15.7. The molecule has 10 heteroatoms. The first-order valence-electron chi connectivity index (χ1n) is 10.4. The Kier molecular flexibility index (Phi) is 8.86. The molecule has 0 aliphatic rings. The van der Waals surface area contributed by atoms with Crippen molar-refractivity contribution in [1.82, 2.24) is 4.98 Å². The zero-order chi connectivity index (χ0) is 24.2. The van der Waals surface area contributed by atoms with Gasteiger partial charge in [0.2, 0.25) is 0 Å². The minimum atomic E-state index is -3.53. The van der Waals surface area contributed by atoms with Gasteiger partial charge in [-0.2, -0.15) is 0 Å². The van der Waals surface area contributed by atoms with Gasteiger partial charge < -0.3 is 9.16 Å². The molecule has 0 aliphatic carbocycles. The summed E-state index contributed by atoms with van der Waals surface area (Å²) < 4.78 is 84.0. The molecule has 0 saturated heterocycles. The van der Waals surface area contributed by atoms with Crippen LogP contribution in [0.3, 0.4) is 0 Å². The van der Waals surface area contributed by atoms with Crippen LogP contribution in [-0.2, 0) is 10.0 Å². The van der Waals surface area contributed by atoms with Crippen LogP contribution >= 0.6 is 15.9 Å². The molecule has 3 nitrogen and oxygen atoms in total. The largest absolute Gasteiger partial charge is 0.487 e. The molecule has 0 radical (unpaired) electrons. The van der Waals surface area contributed by atoms with Gasteiger partial charge in [-0.15, -0.1) is 0 Å². The van der Waals surface area contributed by atoms with E-state index >= 15 is 8.78 Å². The van der Waals surface area contributed by atoms with Gasteiger partial charge in [-0.1, -0.05) is 20.8 Å². The van der Waals surface area contributed by atoms with Crippen LogP contribution in [0.25, 0.3) is 0 Å². The van der Waals surface area contributed by atoms with Gasteiger partial charge in [0, 0.05) is 6.42 Å². The molecule has 1 atom stereocenters. The van der Waals surface area contributed by atoms with Gasteiger partial charge in [-0.25, -0.2) is 22.0 Å². The maximum Gasteiger partial charge on any atom is 0.284 e. The number of halogens is 6. The van der Waals surface area contributed by atoms with E-state index in [0.717, 1.165) is 24.4 Å². The molecule has 1 aromatic heterocycles. The van der Waals surface area contributed by atoms with E-state index in [1.165, 1.54) is 13.0 Å². The number of rotatable bonds is 11. The van der Waals surface area contributed by atoms with Crippen LogP contribution in [0, 0.1) is 17.5 Å². The van der Waals surface area contributed by atoms with Crippen molar-refractivity contribution >= 4 is 24.2 Å². The third-order valence-electron chi connectivity index (χ3n) is 5.93. The average molecular weight is 540 g/mol. The summed E-state index contributed by atoms with van der Waals surface area (Å²) in [5.41, 5.74) is -2.29. The predicted octanol–water partition coefficient (Wildman–Crippen LogP) is 7.60. The highest BCUT2D eigenvalue weighted by Gasteiger charge is 2.56. The lowest BCUT2D eigenvalue weighted by Gasteiger charge is -2.44. The van der Waals surface area contributed by atoms with Crippen LogP contribution in [0.1, 0.15) is 39.8 Å². The molecule has 0 saturated carbocycles.